The van der Waals surface area contributed by atoms with Gasteiger partial charge in [-0.25, -0.2) is 4.39 Å². The number of nitrogens with zero attached hydrogens (tertiary/aromatic N) is 1. The van der Waals surface area contributed by atoms with E-state index < -0.39 is 5.82 Å². The van der Waals surface area contributed by atoms with E-state index in [2.05, 4.69) is 18.7 Å². The maximum atomic E-state index is 13.7. The predicted octanol–water partition coefficient (Wildman–Crippen LogP) is 3.47. The topological polar surface area (TPSA) is 20.3 Å². The first kappa shape index (κ1) is 15.5. The molecule has 1 fully saturated rings. The fourth-order valence-electron chi connectivity index (χ4n) is 2.67. The van der Waals surface area contributed by atoms with E-state index in [1.54, 1.807) is 18.2 Å². The summed E-state index contributed by atoms with van der Waals surface area (Å²) in [6, 6.07) is 6.25. The Balaban J connectivity index is 2.00. The van der Waals surface area contributed by atoms with Crippen LogP contribution in [0.1, 0.15) is 31.1 Å². The van der Waals surface area contributed by atoms with E-state index in [4.69, 9.17) is 0 Å². The van der Waals surface area contributed by atoms with Crippen LogP contribution < -0.4 is 0 Å². The minimum Gasteiger partial charge on any atom is -0.300 e. The Morgan fingerprint density at radius 3 is 2.80 bits per heavy atom. The standard InChI is InChI=1S/C16H22FNOS/c1-12(10-18-8-9-20-16(2,3)11-18)15(19)13-6-4-5-7-14(13)17/h4-7,12H,8-11H2,1-3H3. The molecule has 0 bridgehead atoms. The molecule has 1 aromatic rings. The van der Waals surface area contributed by atoms with E-state index >= 15 is 0 Å². The van der Waals surface area contributed by atoms with E-state index in [-0.39, 0.29) is 22.0 Å². The Morgan fingerprint density at radius 2 is 2.15 bits per heavy atom. The van der Waals surface area contributed by atoms with Crippen LogP contribution in [0, 0.1) is 11.7 Å². The number of Topliss-reactive ketones (excluding diaryl/α,β-unsaturated/α-hetero) is 1. The summed E-state index contributed by atoms with van der Waals surface area (Å²) in [5, 5.41) is 0. The molecule has 1 unspecified atom stereocenters. The largest absolute Gasteiger partial charge is 0.300 e. The number of carbonyl (C=O) groups excluding carboxylic acids is 1. The molecule has 0 radical (unpaired) electrons. The lowest BCUT2D eigenvalue weighted by Gasteiger charge is -2.38. The lowest BCUT2D eigenvalue weighted by Crippen LogP contribution is -2.45. The highest BCUT2D eigenvalue weighted by atomic mass is 32.2. The van der Waals surface area contributed by atoms with Crippen LogP contribution in [0.5, 0.6) is 0 Å². The molecule has 110 valence electrons. The quantitative estimate of drug-likeness (QED) is 0.793. The Labute approximate surface area is 124 Å². The third-order valence-electron chi connectivity index (χ3n) is 3.62. The van der Waals surface area contributed by atoms with Gasteiger partial charge in [0, 0.05) is 36.1 Å². The monoisotopic (exact) mass is 295 g/mol. The van der Waals surface area contributed by atoms with Crippen LogP contribution in [0.3, 0.4) is 0 Å². The molecule has 1 heterocycles. The van der Waals surface area contributed by atoms with Crippen molar-refractivity contribution in [2.75, 3.05) is 25.4 Å². The molecule has 20 heavy (non-hydrogen) atoms. The highest BCUT2D eigenvalue weighted by Gasteiger charge is 2.29. The Bertz CT molecular complexity index is 489. The molecule has 1 atom stereocenters. The van der Waals surface area contributed by atoms with Gasteiger partial charge in [-0.2, -0.15) is 11.8 Å². The summed E-state index contributed by atoms with van der Waals surface area (Å²) < 4.78 is 13.9. The third kappa shape index (κ3) is 3.83. The first-order valence-electron chi connectivity index (χ1n) is 7.04. The van der Waals surface area contributed by atoms with Crippen LogP contribution in [0.4, 0.5) is 4.39 Å². The van der Waals surface area contributed by atoms with Crippen molar-refractivity contribution in [3.63, 3.8) is 0 Å². The summed E-state index contributed by atoms with van der Waals surface area (Å²) in [6.07, 6.45) is 0. The molecule has 4 heteroatoms. The number of benzene rings is 1. The molecule has 1 aliphatic heterocycles. The summed E-state index contributed by atoms with van der Waals surface area (Å²) >= 11 is 1.97. The van der Waals surface area contributed by atoms with Gasteiger partial charge >= 0.3 is 0 Å². The van der Waals surface area contributed by atoms with Crippen LogP contribution in [0.25, 0.3) is 0 Å². The fraction of sp³-hybridized carbons (Fsp3) is 0.562. The van der Waals surface area contributed by atoms with E-state index in [0.29, 0.717) is 6.54 Å². The number of carbonyl (C=O) groups is 1. The zero-order chi connectivity index (χ0) is 14.8. The van der Waals surface area contributed by atoms with Crippen LogP contribution in [-0.4, -0.2) is 40.8 Å². The van der Waals surface area contributed by atoms with Gasteiger partial charge in [0.1, 0.15) is 5.82 Å². The molecular weight excluding hydrogens is 273 g/mol. The molecule has 1 aliphatic rings. The predicted molar refractivity (Wildman–Crippen MR) is 82.9 cm³/mol. The molecule has 0 amide bonds. The van der Waals surface area contributed by atoms with E-state index in [0.717, 1.165) is 18.8 Å². The molecule has 1 saturated heterocycles. The molecule has 0 saturated carbocycles. The first-order chi connectivity index (χ1) is 9.39. The van der Waals surface area contributed by atoms with Crippen molar-refractivity contribution in [1.29, 1.82) is 0 Å². The lowest BCUT2D eigenvalue weighted by atomic mass is 9.98. The highest BCUT2D eigenvalue weighted by Crippen LogP contribution is 2.30. The zero-order valence-electron chi connectivity index (χ0n) is 12.4. The molecule has 0 N–H and O–H groups in total. The first-order valence-corrected chi connectivity index (χ1v) is 8.03. The summed E-state index contributed by atoms with van der Waals surface area (Å²) in [7, 11) is 0. The van der Waals surface area contributed by atoms with Gasteiger partial charge in [0.25, 0.3) is 0 Å². The normalized spacial score (nSPS) is 20.6. The van der Waals surface area contributed by atoms with Gasteiger partial charge in [-0.05, 0) is 26.0 Å². The SMILES string of the molecule is CC(CN1CCSC(C)(C)C1)C(=O)c1ccccc1F. The van der Waals surface area contributed by atoms with Crippen LogP contribution in [0.2, 0.25) is 0 Å². The minimum absolute atomic E-state index is 0.0980. The van der Waals surface area contributed by atoms with Crippen molar-refractivity contribution in [1.82, 2.24) is 4.90 Å². The Kier molecular flexibility index (Phi) is 4.86. The smallest absolute Gasteiger partial charge is 0.169 e. The fourth-order valence-corrected chi connectivity index (χ4v) is 3.84. The second-order valence-corrected chi connectivity index (χ2v) is 7.89. The molecular formula is C16H22FNOS. The van der Waals surface area contributed by atoms with Gasteiger partial charge in [0.2, 0.25) is 0 Å². The van der Waals surface area contributed by atoms with E-state index in [1.165, 1.54) is 6.07 Å². The second kappa shape index (κ2) is 6.27. The van der Waals surface area contributed by atoms with Crippen LogP contribution in [-0.2, 0) is 0 Å². The molecule has 2 rings (SSSR count). The van der Waals surface area contributed by atoms with Crippen LogP contribution in [0.15, 0.2) is 24.3 Å². The number of rotatable bonds is 4. The minimum atomic E-state index is -0.418. The molecule has 0 spiro atoms. The maximum Gasteiger partial charge on any atom is 0.169 e. The van der Waals surface area contributed by atoms with Crippen molar-refractivity contribution >= 4 is 17.5 Å². The number of hydrogen-bond donors (Lipinski definition) is 0. The van der Waals surface area contributed by atoms with Gasteiger partial charge in [-0.15, -0.1) is 0 Å². The van der Waals surface area contributed by atoms with Gasteiger partial charge in [0.15, 0.2) is 5.78 Å². The van der Waals surface area contributed by atoms with Gasteiger partial charge < -0.3 is 4.90 Å². The molecule has 2 nitrogen and oxygen atoms in total. The average molecular weight is 295 g/mol. The zero-order valence-corrected chi connectivity index (χ0v) is 13.2. The maximum absolute atomic E-state index is 13.7. The van der Waals surface area contributed by atoms with Crippen molar-refractivity contribution in [3.05, 3.63) is 35.6 Å². The summed E-state index contributed by atoms with van der Waals surface area (Å²) in [4.78, 5) is 14.6. The Hall–Kier alpha value is -0.870. The third-order valence-corrected chi connectivity index (χ3v) is 4.92. The Morgan fingerprint density at radius 1 is 1.45 bits per heavy atom. The summed E-state index contributed by atoms with van der Waals surface area (Å²) in [5.41, 5.74) is 0.214. The van der Waals surface area contributed by atoms with Crippen LogP contribution >= 0.6 is 11.8 Å². The highest BCUT2D eigenvalue weighted by molar-refractivity contribution is 8.00. The van der Waals surface area contributed by atoms with Crippen molar-refractivity contribution in [3.8, 4) is 0 Å². The molecule has 0 aromatic heterocycles. The number of ketones is 1. The molecule has 1 aromatic carbocycles. The second-order valence-electron chi connectivity index (χ2n) is 6.09. The number of halogens is 1. The van der Waals surface area contributed by atoms with E-state index in [9.17, 15) is 9.18 Å². The molecule has 0 aliphatic carbocycles. The van der Waals surface area contributed by atoms with E-state index in [1.807, 2.05) is 18.7 Å². The summed E-state index contributed by atoms with van der Waals surface area (Å²) in [6.45, 7) is 9.04. The van der Waals surface area contributed by atoms with Gasteiger partial charge in [-0.3, -0.25) is 4.79 Å². The van der Waals surface area contributed by atoms with Crippen molar-refractivity contribution < 1.29 is 9.18 Å². The number of hydrogen-bond acceptors (Lipinski definition) is 3. The van der Waals surface area contributed by atoms with Crippen molar-refractivity contribution in [2.45, 2.75) is 25.5 Å². The van der Waals surface area contributed by atoms with Gasteiger partial charge in [-0.1, -0.05) is 19.1 Å². The lowest BCUT2D eigenvalue weighted by molar-refractivity contribution is 0.0887. The van der Waals surface area contributed by atoms with Gasteiger partial charge in [0.05, 0.1) is 5.56 Å². The average Bonchev–Trinajstić information content (AvgIpc) is 2.37. The number of thioether (sulfide) groups is 1. The summed E-state index contributed by atoms with van der Waals surface area (Å²) in [5.74, 6) is 0.400. The van der Waals surface area contributed by atoms with Crippen molar-refractivity contribution in [2.24, 2.45) is 5.92 Å².